The lowest BCUT2D eigenvalue weighted by atomic mass is 9.95. The molecule has 120 valence electrons. The van der Waals surface area contributed by atoms with Gasteiger partial charge >= 0.3 is 5.97 Å². The van der Waals surface area contributed by atoms with Gasteiger partial charge in [0.05, 0.1) is 0 Å². The quantitative estimate of drug-likeness (QED) is 0.273. The van der Waals surface area contributed by atoms with E-state index in [-0.39, 0.29) is 18.8 Å². The maximum Gasteiger partial charge on any atom is 0.326 e. The molecular weight excluding hydrogens is 302 g/mol. The molecule has 1 aliphatic carbocycles. The average molecular weight is 317 g/mol. The molecule has 1 unspecified atom stereocenters. The zero-order chi connectivity index (χ0) is 16.8. The van der Waals surface area contributed by atoms with Gasteiger partial charge in [0, 0.05) is 16.9 Å². The Balaban J connectivity index is 2.05. The van der Waals surface area contributed by atoms with Crippen LogP contribution in [0.2, 0.25) is 0 Å². The normalized spacial score (nSPS) is 21.6. The summed E-state index contributed by atoms with van der Waals surface area (Å²) in [5, 5.41) is 3.51. The summed E-state index contributed by atoms with van der Waals surface area (Å²) in [5.41, 5.74) is 6.98. The Bertz CT molecular complexity index is 761. The molecule has 0 saturated carbocycles. The molecular formula is C15H15N3O5. The molecule has 0 aromatic heterocycles. The number of ether oxygens (including phenoxy) is 3. The number of hydrogen-bond acceptors (Lipinski definition) is 6. The van der Waals surface area contributed by atoms with Crippen molar-refractivity contribution in [3.05, 3.63) is 33.7 Å². The van der Waals surface area contributed by atoms with E-state index in [4.69, 9.17) is 19.7 Å². The molecule has 1 atom stereocenters. The van der Waals surface area contributed by atoms with Gasteiger partial charge in [-0.15, -0.1) is 0 Å². The second kappa shape index (κ2) is 4.89. The first-order chi connectivity index (χ1) is 10.8. The van der Waals surface area contributed by atoms with Gasteiger partial charge < -0.3 is 14.2 Å². The maximum absolute atomic E-state index is 12.8. The van der Waals surface area contributed by atoms with E-state index in [0.717, 1.165) is 0 Å². The molecule has 1 aliphatic heterocycles. The molecule has 0 N–H and O–H groups in total. The Hall–Kier alpha value is -2.73. The summed E-state index contributed by atoms with van der Waals surface area (Å²) in [7, 11) is 0. The minimum atomic E-state index is -1.92. The lowest BCUT2D eigenvalue weighted by Crippen LogP contribution is -2.46. The Labute approximate surface area is 132 Å². The molecule has 0 radical (unpaired) electrons. The lowest BCUT2D eigenvalue weighted by Gasteiger charge is -2.26. The van der Waals surface area contributed by atoms with Gasteiger partial charge in [0.15, 0.2) is 17.3 Å². The monoisotopic (exact) mass is 317 g/mol. The number of benzene rings is 1. The van der Waals surface area contributed by atoms with Crippen molar-refractivity contribution in [1.29, 1.82) is 0 Å². The summed E-state index contributed by atoms with van der Waals surface area (Å²) < 4.78 is 15.8. The summed E-state index contributed by atoms with van der Waals surface area (Å²) in [6.45, 7) is 5.12. The van der Waals surface area contributed by atoms with E-state index in [9.17, 15) is 9.59 Å². The van der Waals surface area contributed by atoms with E-state index < -0.39 is 22.9 Å². The first-order valence-electron chi connectivity index (χ1n) is 7.04. The van der Waals surface area contributed by atoms with E-state index in [0.29, 0.717) is 17.1 Å². The van der Waals surface area contributed by atoms with Crippen LogP contribution in [0, 0.1) is 0 Å². The van der Waals surface area contributed by atoms with Crippen LogP contribution in [0.5, 0.6) is 11.5 Å². The molecule has 3 rings (SSSR count). The van der Waals surface area contributed by atoms with Gasteiger partial charge in [-0.3, -0.25) is 9.59 Å². The second-order valence-electron chi connectivity index (χ2n) is 6.42. The zero-order valence-corrected chi connectivity index (χ0v) is 13.0. The summed E-state index contributed by atoms with van der Waals surface area (Å²) in [4.78, 5) is 28.0. The van der Waals surface area contributed by atoms with Gasteiger partial charge in [0.2, 0.25) is 12.3 Å². The molecule has 23 heavy (non-hydrogen) atoms. The van der Waals surface area contributed by atoms with Crippen molar-refractivity contribution in [2.45, 2.75) is 38.3 Å². The fourth-order valence-corrected chi connectivity index (χ4v) is 2.65. The van der Waals surface area contributed by atoms with Crippen LogP contribution in [0.25, 0.3) is 10.4 Å². The van der Waals surface area contributed by atoms with Gasteiger partial charge in [-0.2, -0.15) is 0 Å². The number of ketones is 1. The van der Waals surface area contributed by atoms with Gasteiger partial charge in [0.25, 0.3) is 0 Å². The molecule has 0 spiro atoms. The lowest BCUT2D eigenvalue weighted by molar-refractivity contribution is -0.159. The predicted octanol–water partition coefficient (Wildman–Crippen LogP) is 2.54. The number of nitrogens with zero attached hydrogens (tertiary/aromatic N) is 3. The van der Waals surface area contributed by atoms with Crippen LogP contribution in [-0.4, -0.2) is 29.7 Å². The Morgan fingerprint density at radius 2 is 2.00 bits per heavy atom. The number of Topliss-reactive ketones (excluding diaryl/α,β-unsaturated/α-hetero) is 1. The van der Waals surface area contributed by atoms with Crippen LogP contribution in [0.4, 0.5) is 0 Å². The summed E-state index contributed by atoms with van der Waals surface area (Å²) in [6.07, 6.45) is -0.0588. The van der Waals surface area contributed by atoms with E-state index in [1.54, 1.807) is 26.8 Å². The zero-order valence-electron chi connectivity index (χ0n) is 13.0. The fraction of sp³-hybridized carbons (Fsp3) is 0.467. The highest BCUT2D eigenvalue weighted by Crippen LogP contribution is 2.42. The highest BCUT2D eigenvalue weighted by molar-refractivity contribution is 6.20. The second-order valence-corrected chi connectivity index (χ2v) is 6.42. The first-order valence-corrected chi connectivity index (χ1v) is 7.04. The van der Waals surface area contributed by atoms with Crippen LogP contribution < -0.4 is 9.47 Å². The third kappa shape index (κ3) is 2.37. The van der Waals surface area contributed by atoms with Crippen molar-refractivity contribution in [3.63, 3.8) is 0 Å². The number of azide groups is 1. The number of hydrogen-bond donors (Lipinski definition) is 0. The molecule has 0 bridgehead atoms. The maximum atomic E-state index is 12.8. The molecule has 8 nitrogen and oxygen atoms in total. The van der Waals surface area contributed by atoms with E-state index >= 15 is 0 Å². The van der Waals surface area contributed by atoms with Crippen molar-refractivity contribution in [1.82, 2.24) is 0 Å². The number of fused-ring (bicyclic) bond motifs is 2. The minimum Gasteiger partial charge on any atom is -0.459 e. The van der Waals surface area contributed by atoms with Crippen LogP contribution in [0.3, 0.4) is 0 Å². The summed E-state index contributed by atoms with van der Waals surface area (Å²) in [5.74, 6) is -0.514. The van der Waals surface area contributed by atoms with Gasteiger partial charge in [0.1, 0.15) is 5.60 Å². The van der Waals surface area contributed by atoms with Gasteiger partial charge in [-0.1, -0.05) is 5.11 Å². The van der Waals surface area contributed by atoms with Crippen molar-refractivity contribution >= 4 is 11.8 Å². The third-order valence-electron chi connectivity index (χ3n) is 3.62. The van der Waals surface area contributed by atoms with Crippen molar-refractivity contribution in [2.75, 3.05) is 6.79 Å². The first kappa shape index (κ1) is 15.2. The van der Waals surface area contributed by atoms with Gasteiger partial charge in [-0.25, -0.2) is 0 Å². The number of carbonyl (C=O) groups is 2. The van der Waals surface area contributed by atoms with Crippen molar-refractivity contribution < 1.29 is 23.8 Å². The average Bonchev–Trinajstić information content (AvgIpc) is 2.99. The van der Waals surface area contributed by atoms with E-state index in [1.165, 1.54) is 6.07 Å². The Morgan fingerprint density at radius 1 is 1.35 bits per heavy atom. The highest BCUT2D eigenvalue weighted by Gasteiger charge is 2.54. The van der Waals surface area contributed by atoms with E-state index in [2.05, 4.69) is 10.0 Å². The third-order valence-corrected chi connectivity index (χ3v) is 3.62. The van der Waals surface area contributed by atoms with Crippen LogP contribution in [0.15, 0.2) is 17.2 Å². The van der Waals surface area contributed by atoms with Crippen LogP contribution in [0.1, 0.15) is 36.7 Å². The Morgan fingerprint density at radius 3 is 2.61 bits per heavy atom. The standard InChI is InChI=1S/C15H15N3O5/c1-14(2,3)23-13(20)15(17-18-16)6-8-4-10-11(22-7-21-10)5-9(8)12(15)19/h4-5H,6-7H2,1-3H3. The molecule has 0 saturated heterocycles. The smallest absolute Gasteiger partial charge is 0.326 e. The largest absolute Gasteiger partial charge is 0.459 e. The molecule has 1 aromatic carbocycles. The molecule has 1 aromatic rings. The molecule has 8 heteroatoms. The van der Waals surface area contributed by atoms with Crippen LogP contribution in [-0.2, 0) is 16.0 Å². The summed E-state index contributed by atoms with van der Waals surface area (Å²) >= 11 is 0. The topological polar surface area (TPSA) is 111 Å². The molecule has 1 heterocycles. The SMILES string of the molecule is CC(C)(C)OC(=O)C1(N=[N+]=[N-])Cc2cc3c(cc2C1=O)OCO3. The Kier molecular flexibility index (Phi) is 3.23. The predicted molar refractivity (Wildman–Crippen MR) is 78.3 cm³/mol. The molecule has 2 aliphatic rings. The number of rotatable bonds is 2. The highest BCUT2D eigenvalue weighted by atomic mass is 16.7. The molecule has 0 amide bonds. The van der Waals surface area contributed by atoms with Crippen molar-refractivity contribution in [3.8, 4) is 11.5 Å². The number of esters is 1. The number of carbonyl (C=O) groups excluding carboxylic acids is 2. The van der Waals surface area contributed by atoms with Gasteiger partial charge in [-0.05, 0) is 44.0 Å². The minimum absolute atomic E-state index is 0.0588. The van der Waals surface area contributed by atoms with E-state index in [1.807, 2.05) is 0 Å². The fourth-order valence-electron chi connectivity index (χ4n) is 2.65. The van der Waals surface area contributed by atoms with Crippen molar-refractivity contribution in [2.24, 2.45) is 5.11 Å². The molecule has 0 fully saturated rings. The van der Waals surface area contributed by atoms with Crippen LogP contribution >= 0.6 is 0 Å². The summed E-state index contributed by atoms with van der Waals surface area (Å²) in [6, 6.07) is 3.15.